The summed E-state index contributed by atoms with van der Waals surface area (Å²) in [5.41, 5.74) is 0. The van der Waals surface area contributed by atoms with Crippen LogP contribution in [0.2, 0.25) is 0 Å². The van der Waals surface area contributed by atoms with Crippen molar-refractivity contribution >= 4 is 16.0 Å². The maximum Gasteiger partial charge on any atom is 0.267 e. The van der Waals surface area contributed by atoms with Gasteiger partial charge in [0.05, 0.1) is 17.9 Å². The summed E-state index contributed by atoms with van der Waals surface area (Å²) < 4.78 is 32.1. The molecule has 0 aromatic heterocycles. The molecule has 0 aromatic carbocycles. The quantitative estimate of drug-likeness (QED) is 0.0368. The number of nitrogens with one attached hydrogen (secondary N) is 1. The fraction of sp³-hybridized carbons (Fsp3) is 0.919. The zero-order chi connectivity index (χ0) is 32.6. The van der Waals surface area contributed by atoms with Crippen LogP contribution in [0.4, 0.5) is 0 Å². The van der Waals surface area contributed by atoms with E-state index >= 15 is 0 Å². The Morgan fingerprint density at radius 2 is 0.932 bits per heavy atom. The molecular formula is C37H73NO5S. The Bertz CT molecular complexity index is 755. The minimum atomic E-state index is -4.32. The summed E-state index contributed by atoms with van der Waals surface area (Å²) >= 11 is 0. The maximum atomic E-state index is 12.4. The third kappa shape index (κ3) is 32.5. The molecule has 6 nitrogen and oxygen atoms in total. The van der Waals surface area contributed by atoms with E-state index in [2.05, 4.69) is 19.2 Å². The first kappa shape index (κ1) is 43.1. The van der Waals surface area contributed by atoms with Crippen LogP contribution in [0, 0.1) is 0 Å². The molecule has 0 fully saturated rings. The molecule has 0 bridgehead atoms. The second-order valence-corrected chi connectivity index (χ2v) is 14.7. The van der Waals surface area contributed by atoms with E-state index in [1.54, 1.807) is 0 Å². The van der Waals surface area contributed by atoms with Crippen LogP contribution in [0.15, 0.2) is 12.2 Å². The van der Waals surface area contributed by atoms with Gasteiger partial charge in [-0.05, 0) is 19.3 Å². The standard InChI is InChI=1S/C37H73NO5S/c1-3-5-7-9-11-12-13-14-15-16-17-18-19-20-21-22-23-24-25-26-27-29-31-33-37(40)38-35(34-44(41,42)43)36(39)32-30-28-10-8-6-4-2/h30,32,35-36,39H,3-29,31,33-34H2,1-2H3,(H,38,40)(H,41,42,43)/b32-30+. The van der Waals surface area contributed by atoms with Gasteiger partial charge < -0.3 is 10.4 Å². The van der Waals surface area contributed by atoms with Crippen LogP contribution in [0.5, 0.6) is 0 Å². The highest BCUT2D eigenvalue weighted by molar-refractivity contribution is 7.85. The molecule has 0 saturated heterocycles. The number of aliphatic hydroxyl groups is 1. The first-order valence-electron chi connectivity index (χ1n) is 18.9. The Hall–Kier alpha value is -0.920. The lowest BCUT2D eigenvalue weighted by Crippen LogP contribution is -2.46. The van der Waals surface area contributed by atoms with Crippen LogP contribution in [0.25, 0.3) is 0 Å². The topological polar surface area (TPSA) is 104 Å². The molecule has 2 unspecified atom stereocenters. The Morgan fingerprint density at radius 1 is 0.591 bits per heavy atom. The van der Waals surface area contributed by atoms with Gasteiger partial charge >= 0.3 is 0 Å². The highest BCUT2D eigenvalue weighted by Gasteiger charge is 2.24. The number of rotatable bonds is 34. The average Bonchev–Trinajstić information content (AvgIpc) is 2.98. The molecule has 0 saturated carbocycles. The van der Waals surface area contributed by atoms with Gasteiger partial charge in [-0.25, -0.2) is 0 Å². The van der Waals surface area contributed by atoms with Gasteiger partial charge in [-0.15, -0.1) is 0 Å². The van der Waals surface area contributed by atoms with Crippen LogP contribution in [-0.4, -0.2) is 41.9 Å². The van der Waals surface area contributed by atoms with Crippen molar-refractivity contribution in [3.8, 4) is 0 Å². The van der Waals surface area contributed by atoms with Gasteiger partial charge in [-0.3, -0.25) is 9.35 Å². The largest absolute Gasteiger partial charge is 0.387 e. The Kier molecular flexibility index (Phi) is 31.4. The molecule has 44 heavy (non-hydrogen) atoms. The monoisotopic (exact) mass is 644 g/mol. The van der Waals surface area contributed by atoms with E-state index in [4.69, 9.17) is 0 Å². The lowest BCUT2D eigenvalue weighted by Gasteiger charge is -2.21. The van der Waals surface area contributed by atoms with Crippen LogP contribution in [-0.2, 0) is 14.9 Å². The molecule has 0 heterocycles. The number of amides is 1. The smallest absolute Gasteiger partial charge is 0.267 e. The molecule has 0 rings (SSSR count). The number of hydrogen-bond acceptors (Lipinski definition) is 4. The molecule has 262 valence electrons. The Morgan fingerprint density at radius 3 is 1.30 bits per heavy atom. The minimum absolute atomic E-state index is 0.280. The third-order valence-corrected chi connectivity index (χ3v) is 9.49. The van der Waals surface area contributed by atoms with Crippen molar-refractivity contribution in [2.24, 2.45) is 0 Å². The zero-order valence-electron chi connectivity index (χ0n) is 29.1. The molecule has 1 amide bonds. The van der Waals surface area contributed by atoms with Crippen molar-refractivity contribution in [1.29, 1.82) is 0 Å². The van der Waals surface area contributed by atoms with Crippen LogP contribution in [0.1, 0.15) is 200 Å². The lowest BCUT2D eigenvalue weighted by atomic mass is 10.0. The first-order valence-corrected chi connectivity index (χ1v) is 20.5. The lowest BCUT2D eigenvalue weighted by molar-refractivity contribution is -0.122. The number of carbonyl (C=O) groups is 1. The maximum absolute atomic E-state index is 12.4. The SMILES string of the molecule is CCCCCC/C=C/C(O)C(CS(=O)(=O)O)NC(=O)CCCCCCCCCCCCCCCCCCCCCCCCC. The van der Waals surface area contributed by atoms with Gasteiger partial charge in [0.15, 0.2) is 0 Å². The molecule has 3 N–H and O–H groups in total. The molecule has 0 radical (unpaired) electrons. The third-order valence-electron chi connectivity index (χ3n) is 8.71. The predicted octanol–water partition coefficient (Wildman–Crippen LogP) is 10.6. The summed E-state index contributed by atoms with van der Waals surface area (Å²) in [6.45, 7) is 4.43. The van der Waals surface area contributed by atoms with Crippen LogP contribution < -0.4 is 5.32 Å². The van der Waals surface area contributed by atoms with Gasteiger partial charge in [0.1, 0.15) is 0 Å². The number of carbonyl (C=O) groups excluding carboxylic acids is 1. The van der Waals surface area contributed by atoms with E-state index in [0.29, 0.717) is 6.42 Å². The van der Waals surface area contributed by atoms with Gasteiger partial charge in [0.2, 0.25) is 5.91 Å². The highest BCUT2D eigenvalue weighted by atomic mass is 32.2. The van der Waals surface area contributed by atoms with Crippen LogP contribution >= 0.6 is 0 Å². The fourth-order valence-electron chi connectivity index (χ4n) is 5.86. The first-order chi connectivity index (χ1) is 21.3. The van der Waals surface area contributed by atoms with E-state index in [-0.39, 0.29) is 5.91 Å². The normalized spacial score (nSPS) is 13.5. The number of unbranched alkanes of at least 4 members (excludes halogenated alkanes) is 26. The minimum Gasteiger partial charge on any atom is -0.387 e. The van der Waals surface area contributed by atoms with Crippen molar-refractivity contribution < 1.29 is 22.9 Å². The summed E-state index contributed by atoms with van der Waals surface area (Å²) in [6, 6.07) is -1.05. The van der Waals surface area contributed by atoms with Crippen LogP contribution in [0.3, 0.4) is 0 Å². The van der Waals surface area contributed by atoms with Crippen molar-refractivity contribution in [3.63, 3.8) is 0 Å². The average molecular weight is 644 g/mol. The summed E-state index contributed by atoms with van der Waals surface area (Å²) in [5, 5.41) is 13.0. The molecule has 7 heteroatoms. The fourth-order valence-corrected chi connectivity index (χ4v) is 6.60. The van der Waals surface area contributed by atoms with Crippen molar-refractivity contribution in [3.05, 3.63) is 12.2 Å². The van der Waals surface area contributed by atoms with E-state index in [9.17, 15) is 22.9 Å². The molecule has 0 aliphatic rings. The zero-order valence-corrected chi connectivity index (χ0v) is 29.9. The predicted molar refractivity (Wildman–Crippen MR) is 189 cm³/mol. The van der Waals surface area contributed by atoms with Gasteiger partial charge in [0, 0.05) is 6.42 Å². The highest BCUT2D eigenvalue weighted by Crippen LogP contribution is 2.16. The number of hydrogen-bond donors (Lipinski definition) is 3. The van der Waals surface area contributed by atoms with Gasteiger partial charge in [-0.1, -0.05) is 187 Å². The summed E-state index contributed by atoms with van der Waals surface area (Å²) in [4.78, 5) is 12.4. The van der Waals surface area contributed by atoms with E-state index in [0.717, 1.165) is 51.4 Å². The second-order valence-electron chi connectivity index (χ2n) is 13.2. The molecule has 0 aliphatic carbocycles. The number of aliphatic hydroxyl groups excluding tert-OH is 1. The molecule has 0 aliphatic heterocycles. The Labute approximate surface area is 273 Å². The second kappa shape index (κ2) is 32.0. The van der Waals surface area contributed by atoms with E-state index in [1.165, 1.54) is 134 Å². The Balaban J connectivity index is 3.67. The molecule has 0 spiro atoms. The van der Waals surface area contributed by atoms with Crippen molar-refractivity contribution in [2.75, 3.05) is 5.75 Å². The van der Waals surface area contributed by atoms with Crippen molar-refractivity contribution in [2.45, 2.75) is 212 Å². The van der Waals surface area contributed by atoms with E-state index < -0.39 is 28.0 Å². The van der Waals surface area contributed by atoms with E-state index in [1.807, 2.05) is 6.08 Å². The number of allylic oxidation sites excluding steroid dienone is 1. The summed E-state index contributed by atoms with van der Waals surface area (Å²) in [7, 11) is -4.32. The van der Waals surface area contributed by atoms with Gasteiger partial charge in [-0.2, -0.15) is 8.42 Å². The molecular weight excluding hydrogens is 570 g/mol. The molecule has 0 aromatic rings. The molecule has 2 atom stereocenters. The summed E-state index contributed by atoms with van der Waals surface area (Å²) in [6.07, 6.45) is 38.2. The summed E-state index contributed by atoms with van der Waals surface area (Å²) in [5.74, 6) is -0.975. The van der Waals surface area contributed by atoms with Crippen molar-refractivity contribution in [1.82, 2.24) is 5.32 Å². The van der Waals surface area contributed by atoms with Gasteiger partial charge in [0.25, 0.3) is 10.1 Å².